The summed E-state index contributed by atoms with van der Waals surface area (Å²) in [5.74, 6) is 0.390. The topological polar surface area (TPSA) is 78.9 Å². The summed E-state index contributed by atoms with van der Waals surface area (Å²) < 4.78 is 5.79. The minimum Gasteiger partial charge on any atom is -0.507 e. The van der Waals surface area contributed by atoms with E-state index in [1.54, 1.807) is 50.2 Å². The number of nitrogens with zero attached hydrogens (tertiary/aromatic N) is 1. The van der Waals surface area contributed by atoms with Crippen molar-refractivity contribution < 1.29 is 19.4 Å². The van der Waals surface area contributed by atoms with Gasteiger partial charge in [0, 0.05) is 0 Å². The van der Waals surface area contributed by atoms with Crippen LogP contribution >= 0.6 is 12.2 Å². The molecule has 2 amide bonds. The maximum atomic E-state index is 13.2. The van der Waals surface area contributed by atoms with Crippen molar-refractivity contribution in [2.75, 3.05) is 4.90 Å². The van der Waals surface area contributed by atoms with E-state index in [0.29, 0.717) is 33.9 Å². The Hall–Kier alpha value is -3.97. The molecule has 0 unspecified atom stereocenters. The number of para-hydroxylation sites is 1. The highest BCUT2D eigenvalue weighted by Crippen LogP contribution is 2.28. The van der Waals surface area contributed by atoms with Gasteiger partial charge in [-0.05, 0) is 97.4 Å². The molecule has 2 N–H and O–H groups in total. The first-order chi connectivity index (χ1) is 15.3. The van der Waals surface area contributed by atoms with Crippen LogP contribution in [0.2, 0.25) is 0 Å². The molecular formula is C25H20N2O4S. The van der Waals surface area contributed by atoms with Crippen LogP contribution in [0.25, 0.3) is 6.08 Å². The van der Waals surface area contributed by atoms with E-state index in [2.05, 4.69) is 5.32 Å². The predicted octanol–water partition coefficient (Wildman–Crippen LogP) is 4.63. The molecule has 1 heterocycles. The van der Waals surface area contributed by atoms with Crippen LogP contribution in [0.4, 0.5) is 5.69 Å². The predicted molar refractivity (Wildman–Crippen MR) is 127 cm³/mol. The van der Waals surface area contributed by atoms with Gasteiger partial charge in [0.05, 0.1) is 5.69 Å². The van der Waals surface area contributed by atoms with Gasteiger partial charge in [-0.15, -0.1) is 0 Å². The van der Waals surface area contributed by atoms with Crippen LogP contribution in [-0.4, -0.2) is 22.0 Å². The second-order valence-corrected chi connectivity index (χ2v) is 7.76. The van der Waals surface area contributed by atoms with Gasteiger partial charge in [0.25, 0.3) is 11.8 Å². The number of hydrogen-bond acceptors (Lipinski definition) is 5. The van der Waals surface area contributed by atoms with E-state index >= 15 is 0 Å². The van der Waals surface area contributed by atoms with Crippen molar-refractivity contribution in [2.45, 2.75) is 13.8 Å². The molecule has 0 atom stereocenters. The SMILES string of the molecule is Cc1cc(/C=C2\C(=O)NC(=S)N(c3ccc(Oc4ccccc4)cc3)C2=O)cc(C)c1O. The van der Waals surface area contributed by atoms with Gasteiger partial charge >= 0.3 is 0 Å². The molecule has 0 spiro atoms. The molecule has 0 aromatic heterocycles. The lowest BCUT2D eigenvalue weighted by atomic mass is 10.0. The third kappa shape index (κ3) is 4.24. The van der Waals surface area contributed by atoms with Gasteiger partial charge in [0.15, 0.2) is 5.11 Å². The minimum absolute atomic E-state index is 0.00643. The van der Waals surface area contributed by atoms with Crippen LogP contribution in [0.5, 0.6) is 17.2 Å². The molecular weight excluding hydrogens is 424 g/mol. The van der Waals surface area contributed by atoms with Gasteiger partial charge in [0.2, 0.25) is 0 Å². The van der Waals surface area contributed by atoms with E-state index < -0.39 is 11.8 Å². The monoisotopic (exact) mass is 444 g/mol. The van der Waals surface area contributed by atoms with Crippen molar-refractivity contribution in [3.8, 4) is 17.2 Å². The van der Waals surface area contributed by atoms with E-state index in [0.717, 1.165) is 0 Å². The number of phenols is 1. The number of phenolic OH excluding ortho intramolecular Hbond substituents is 1. The molecule has 3 aromatic carbocycles. The first-order valence-electron chi connectivity index (χ1n) is 9.88. The Kier molecular flexibility index (Phi) is 5.75. The third-order valence-corrected chi connectivity index (χ3v) is 5.28. The summed E-state index contributed by atoms with van der Waals surface area (Å²) in [5.41, 5.74) is 2.40. The average Bonchev–Trinajstić information content (AvgIpc) is 2.76. The number of anilines is 1. The normalized spacial score (nSPS) is 15.1. The van der Waals surface area contributed by atoms with Gasteiger partial charge in [0.1, 0.15) is 22.8 Å². The Morgan fingerprint density at radius 2 is 1.53 bits per heavy atom. The Labute approximate surface area is 190 Å². The molecule has 3 aromatic rings. The summed E-state index contributed by atoms with van der Waals surface area (Å²) >= 11 is 5.26. The summed E-state index contributed by atoms with van der Waals surface area (Å²) in [4.78, 5) is 27.0. The number of ether oxygens (including phenoxy) is 1. The molecule has 1 aliphatic rings. The first-order valence-corrected chi connectivity index (χ1v) is 10.3. The van der Waals surface area contributed by atoms with E-state index in [4.69, 9.17) is 17.0 Å². The fraction of sp³-hybridized carbons (Fsp3) is 0.0800. The number of amides is 2. The molecule has 6 nitrogen and oxygen atoms in total. The molecule has 0 radical (unpaired) electrons. The Morgan fingerprint density at radius 3 is 2.16 bits per heavy atom. The van der Waals surface area contributed by atoms with Gasteiger partial charge in [-0.1, -0.05) is 18.2 Å². The molecule has 4 rings (SSSR count). The third-order valence-electron chi connectivity index (χ3n) is 5.00. The lowest BCUT2D eigenvalue weighted by Gasteiger charge is -2.29. The lowest BCUT2D eigenvalue weighted by Crippen LogP contribution is -2.54. The summed E-state index contributed by atoms with van der Waals surface area (Å²) in [6.07, 6.45) is 1.50. The van der Waals surface area contributed by atoms with Gasteiger partial charge < -0.3 is 9.84 Å². The number of thiocarbonyl (C=S) groups is 1. The highest BCUT2D eigenvalue weighted by Gasteiger charge is 2.34. The Bertz CT molecular complexity index is 1230. The zero-order valence-electron chi connectivity index (χ0n) is 17.5. The van der Waals surface area contributed by atoms with E-state index in [1.807, 2.05) is 30.3 Å². The zero-order chi connectivity index (χ0) is 22.8. The number of carbonyl (C=O) groups excluding carboxylic acids is 2. The van der Waals surface area contributed by atoms with Gasteiger partial charge in [-0.3, -0.25) is 19.8 Å². The maximum Gasteiger partial charge on any atom is 0.270 e. The van der Waals surface area contributed by atoms with Crippen LogP contribution in [0.15, 0.2) is 72.3 Å². The standard InChI is InChI=1S/C25H20N2O4S/c1-15-12-17(13-16(2)22(15)28)14-21-23(29)26-25(32)27(24(21)30)18-8-10-20(11-9-18)31-19-6-4-3-5-7-19/h3-14,28H,1-2H3,(H,26,29,32)/b21-14+. The van der Waals surface area contributed by atoms with Gasteiger partial charge in [-0.25, -0.2) is 0 Å². The maximum absolute atomic E-state index is 13.2. The number of aryl methyl sites for hydroxylation is 2. The van der Waals surface area contributed by atoms with Crippen LogP contribution in [0, 0.1) is 13.8 Å². The molecule has 160 valence electrons. The molecule has 1 fully saturated rings. The van der Waals surface area contributed by atoms with Crippen LogP contribution in [-0.2, 0) is 9.59 Å². The quantitative estimate of drug-likeness (QED) is 0.348. The number of nitrogens with one attached hydrogen (secondary N) is 1. The van der Waals surface area contributed by atoms with E-state index in [9.17, 15) is 14.7 Å². The molecule has 1 saturated heterocycles. The summed E-state index contributed by atoms with van der Waals surface area (Å²) in [5, 5.41) is 12.6. The van der Waals surface area contributed by atoms with Crippen molar-refractivity contribution in [3.63, 3.8) is 0 Å². The number of hydrogen-bond donors (Lipinski definition) is 2. The molecule has 32 heavy (non-hydrogen) atoms. The number of benzene rings is 3. The number of carbonyl (C=O) groups is 2. The Morgan fingerprint density at radius 1 is 0.938 bits per heavy atom. The van der Waals surface area contributed by atoms with Crippen LogP contribution < -0.4 is 15.0 Å². The summed E-state index contributed by atoms with van der Waals surface area (Å²) in [7, 11) is 0. The Balaban J connectivity index is 1.62. The van der Waals surface area contributed by atoms with E-state index in [-0.39, 0.29) is 16.4 Å². The summed E-state index contributed by atoms with van der Waals surface area (Å²) in [6.45, 7) is 3.52. The van der Waals surface area contributed by atoms with E-state index in [1.165, 1.54) is 11.0 Å². The average molecular weight is 445 g/mol. The lowest BCUT2D eigenvalue weighted by molar-refractivity contribution is -0.122. The zero-order valence-corrected chi connectivity index (χ0v) is 18.3. The minimum atomic E-state index is -0.566. The fourth-order valence-corrected chi connectivity index (χ4v) is 3.70. The van der Waals surface area contributed by atoms with Crippen molar-refractivity contribution >= 4 is 40.9 Å². The number of aromatic hydroxyl groups is 1. The number of rotatable bonds is 4. The summed E-state index contributed by atoms with van der Waals surface area (Å²) in [6, 6.07) is 19.6. The second kappa shape index (κ2) is 8.64. The highest BCUT2D eigenvalue weighted by atomic mass is 32.1. The van der Waals surface area contributed by atoms with Crippen LogP contribution in [0.1, 0.15) is 16.7 Å². The smallest absolute Gasteiger partial charge is 0.270 e. The molecule has 7 heteroatoms. The molecule has 0 aliphatic carbocycles. The highest BCUT2D eigenvalue weighted by molar-refractivity contribution is 7.80. The molecule has 1 aliphatic heterocycles. The van der Waals surface area contributed by atoms with Crippen molar-refractivity contribution in [1.29, 1.82) is 0 Å². The fourth-order valence-electron chi connectivity index (χ4n) is 3.42. The molecule has 0 bridgehead atoms. The molecule has 0 saturated carbocycles. The van der Waals surface area contributed by atoms with Crippen molar-refractivity contribution in [2.24, 2.45) is 0 Å². The second-order valence-electron chi connectivity index (χ2n) is 7.37. The first kappa shape index (κ1) is 21.3. The van der Waals surface area contributed by atoms with Gasteiger partial charge in [-0.2, -0.15) is 0 Å². The van der Waals surface area contributed by atoms with Crippen LogP contribution in [0.3, 0.4) is 0 Å². The van der Waals surface area contributed by atoms with Crippen molar-refractivity contribution in [3.05, 3.63) is 89.0 Å². The van der Waals surface area contributed by atoms with Crippen molar-refractivity contribution in [1.82, 2.24) is 5.32 Å². The largest absolute Gasteiger partial charge is 0.507 e.